The molecule has 0 aromatic heterocycles. The molecule has 2 rings (SSSR count). The molecule has 1 aromatic carbocycles. The van der Waals surface area contributed by atoms with E-state index in [0.29, 0.717) is 0 Å². The van der Waals surface area contributed by atoms with E-state index in [0.717, 1.165) is 15.6 Å². The maximum atomic E-state index is 12.6. The SMILES string of the molecule is Cc1ccc(/C=C2/SC(=NC(C)C)N(C(C)C)C2=O)cc1. The zero-order valence-electron chi connectivity index (χ0n) is 13.3. The second-order valence-electron chi connectivity index (χ2n) is 5.80. The van der Waals surface area contributed by atoms with Crippen molar-refractivity contribution in [2.24, 2.45) is 4.99 Å². The lowest BCUT2D eigenvalue weighted by atomic mass is 10.1. The summed E-state index contributed by atoms with van der Waals surface area (Å²) in [6.07, 6.45) is 1.95. The van der Waals surface area contributed by atoms with Crippen molar-refractivity contribution in [3.63, 3.8) is 0 Å². The van der Waals surface area contributed by atoms with E-state index < -0.39 is 0 Å². The van der Waals surface area contributed by atoms with Gasteiger partial charge in [0.1, 0.15) is 0 Å². The average Bonchev–Trinajstić information content (AvgIpc) is 2.68. The highest BCUT2D eigenvalue weighted by molar-refractivity contribution is 8.18. The zero-order valence-corrected chi connectivity index (χ0v) is 14.1. The van der Waals surface area contributed by atoms with Crippen LogP contribution in [0.15, 0.2) is 34.2 Å². The smallest absolute Gasteiger partial charge is 0.266 e. The Balaban J connectivity index is 2.34. The fourth-order valence-corrected chi connectivity index (χ4v) is 3.30. The summed E-state index contributed by atoms with van der Waals surface area (Å²) in [5.41, 5.74) is 2.26. The fraction of sp³-hybridized carbons (Fsp3) is 0.412. The molecule has 1 fully saturated rings. The molecule has 0 saturated carbocycles. The molecule has 1 saturated heterocycles. The number of hydrogen-bond donors (Lipinski definition) is 0. The maximum Gasteiger partial charge on any atom is 0.266 e. The number of amides is 1. The molecule has 112 valence electrons. The number of aliphatic imine (C=N–C) groups is 1. The Morgan fingerprint density at radius 2 is 1.76 bits per heavy atom. The number of nitrogens with zero attached hydrogens (tertiary/aromatic N) is 2. The summed E-state index contributed by atoms with van der Waals surface area (Å²) in [4.78, 5) is 19.7. The van der Waals surface area contributed by atoms with Crippen molar-refractivity contribution in [2.45, 2.75) is 46.7 Å². The molecule has 1 heterocycles. The van der Waals surface area contributed by atoms with Gasteiger partial charge in [-0.2, -0.15) is 0 Å². The first-order valence-corrected chi connectivity index (χ1v) is 8.07. The molecule has 4 heteroatoms. The summed E-state index contributed by atoms with van der Waals surface area (Å²) < 4.78 is 0. The Labute approximate surface area is 131 Å². The molecule has 1 aliphatic rings. The second kappa shape index (κ2) is 6.48. The molecule has 1 aromatic rings. The molecule has 1 aliphatic heterocycles. The first kappa shape index (κ1) is 15.8. The van der Waals surface area contributed by atoms with Crippen molar-refractivity contribution in [1.29, 1.82) is 0 Å². The number of aryl methyl sites for hydroxylation is 1. The summed E-state index contributed by atoms with van der Waals surface area (Å²) in [7, 11) is 0. The fourth-order valence-electron chi connectivity index (χ4n) is 2.07. The van der Waals surface area contributed by atoms with Crippen LogP contribution in [-0.2, 0) is 4.79 Å². The first-order chi connectivity index (χ1) is 9.88. The molecule has 0 bridgehead atoms. The van der Waals surface area contributed by atoms with Crippen LogP contribution < -0.4 is 0 Å². The van der Waals surface area contributed by atoms with E-state index in [2.05, 4.69) is 24.0 Å². The number of amidine groups is 1. The second-order valence-corrected chi connectivity index (χ2v) is 6.80. The lowest BCUT2D eigenvalue weighted by molar-refractivity contribution is -0.123. The summed E-state index contributed by atoms with van der Waals surface area (Å²) in [5.74, 6) is 0.0509. The van der Waals surface area contributed by atoms with Crippen molar-refractivity contribution < 1.29 is 4.79 Å². The number of carbonyl (C=O) groups is 1. The van der Waals surface area contributed by atoms with Crippen molar-refractivity contribution in [1.82, 2.24) is 4.90 Å². The number of benzene rings is 1. The third kappa shape index (κ3) is 3.76. The van der Waals surface area contributed by atoms with Crippen LogP contribution in [0.5, 0.6) is 0 Å². The van der Waals surface area contributed by atoms with Gasteiger partial charge in [-0.1, -0.05) is 29.8 Å². The molecule has 3 nitrogen and oxygen atoms in total. The van der Waals surface area contributed by atoms with Gasteiger partial charge in [0.05, 0.1) is 4.91 Å². The lowest BCUT2D eigenvalue weighted by Gasteiger charge is -2.20. The van der Waals surface area contributed by atoms with Crippen LogP contribution in [0.3, 0.4) is 0 Å². The third-order valence-corrected chi connectivity index (χ3v) is 4.09. The van der Waals surface area contributed by atoms with Crippen LogP contribution in [0.4, 0.5) is 0 Å². The summed E-state index contributed by atoms with van der Waals surface area (Å²) in [6.45, 7) is 10.1. The van der Waals surface area contributed by atoms with E-state index in [1.807, 2.05) is 45.9 Å². The molecule has 1 amide bonds. The minimum atomic E-state index is 0.0509. The highest BCUT2D eigenvalue weighted by atomic mass is 32.2. The first-order valence-electron chi connectivity index (χ1n) is 7.26. The van der Waals surface area contributed by atoms with E-state index in [9.17, 15) is 4.79 Å². The average molecular weight is 302 g/mol. The largest absolute Gasteiger partial charge is 0.284 e. The van der Waals surface area contributed by atoms with E-state index in [1.54, 1.807) is 4.90 Å². The van der Waals surface area contributed by atoms with Gasteiger partial charge in [-0.05, 0) is 58.0 Å². The van der Waals surface area contributed by atoms with Crippen LogP contribution >= 0.6 is 11.8 Å². The number of rotatable bonds is 3. The van der Waals surface area contributed by atoms with E-state index in [-0.39, 0.29) is 18.0 Å². The van der Waals surface area contributed by atoms with Crippen molar-refractivity contribution in [2.75, 3.05) is 0 Å². The summed E-state index contributed by atoms with van der Waals surface area (Å²) in [5, 5.41) is 0.809. The molecule has 0 spiro atoms. The Morgan fingerprint density at radius 1 is 1.14 bits per heavy atom. The van der Waals surface area contributed by atoms with Gasteiger partial charge >= 0.3 is 0 Å². The van der Waals surface area contributed by atoms with E-state index in [4.69, 9.17) is 0 Å². The highest BCUT2D eigenvalue weighted by Crippen LogP contribution is 2.34. The third-order valence-electron chi connectivity index (χ3n) is 3.10. The van der Waals surface area contributed by atoms with E-state index in [1.165, 1.54) is 17.3 Å². The van der Waals surface area contributed by atoms with Crippen LogP contribution in [0.1, 0.15) is 38.8 Å². The number of hydrogen-bond acceptors (Lipinski definition) is 3. The molecular weight excluding hydrogens is 280 g/mol. The molecular formula is C17H22N2OS. The molecule has 0 atom stereocenters. The topological polar surface area (TPSA) is 32.7 Å². The zero-order chi connectivity index (χ0) is 15.6. The predicted molar refractivity (Wildman–Crippen MR) is 91.3 cm³/mol. The standard InChI is InChI=1S/C17H22N2OS/c1-11(2)18-17-19(12(3)4)16(20)15(21-17)10-14-8-6-13(5)7-9-14/h6-12H,1-5H3/b15-10+,18-17?. The number of carbonyl (C=O) groups excluding carboxylic acids is 1. The predicted octanol–water partition coefficient (Wildman–Crippen LogP) is 4.08. The Hall–Kier alpha value is -1.55. The van der Waals surface area contributed by atoms with Gasteiger partial charge in [0.25, 0.3) is 5.91 Å². The molecule has 0 radical (unpaired) electrons. The van der Waals surface area contributed by atoms with Crippen LogP contribution in [0.25, 0.3) is 6.08 Å². The highest BCUT2D eigenvalue weighted by Gasteiger charge is 2.35. The van der Waals surface area contributed by atoms with Crippen LogP contribution in [0, 0.1) is 6.92 Å². The van der Waals surface area contributed by atoms with Gasteiger partial charge in [0, 0.05) is 12.1 Å². The Bertz CT molecular complexity index is 585. The monoisotopic (exact) mass is 302 g/mol. The Kier molecular flexibility index (Phi) is 4.88. The summed E-state index contributed by atoms with van der Waals surface area (Å²) >= 11 is 1.47. The maximum absolute atomic E-state index is 12.6. The van der Waals surface area contributed by atoms with Gasteiger partial charge in [0.2, 0.25) is 0 Å². The van der Waals surface area contributed by atoms with Gasteiger partial charge in [0.15, 0.2) is 5.17 Å². The van der Waals surface area contributed by atoms with Gasteiger partial charge in [-0.25, -0.2) is 0 Å². The minimum absolute atomic E-state index is 0.0509. The van der Waals surface area contributed by atoms with Crippen molar-refractivity contribution >= 4 is 28.9 Å². The molecule has 0 unspecified atom stereocenters. The Morgan fingerprint density at radius 3 is 2.29 bits per heavy atom. The lowest BCUT2D eigenvalue weighted by Crippen LogP contribution is -2.35. The minimum Gasteiger partial charge on any atom is -0.284 e. The molecule has 21 heavy (non-hydrogen) atoms. The summed E-state index contributed by atoms with van der Waals surface area (Å²) in [6, 6.07) is 8.48. The van der Waals surface area contributed by atoms with Gasteiger partial charge < -0.3 is 0 Å². The van der Waals surface area contributed by atoms with Gasteiger partial charge in [-0.15, -0.1) is 0 Å². The number of thioether (sulfide) groups is 1. The normalized spacial score (nSPS) is 19.6. The van der Waals surface area contributed by atoms with Crippen LogP contribution in [0.2, 0.25) is 0 Å². The van der Waals surface area contributed by atoms with E-state index >= 15 is 0 Å². The van der Waals surface area contributed by atoms with Crippen molar-refractivity contribution in [3.05, 3.63) is 40.3 Å². The molecule has 0 aliphatic carbocycles. The van der Waals surface area contributed by atoms with Crippen LogP contribution in [-0.4, -0.2) is 28.1 Å². The quantitative estimate of drug-likeness (QED) is 0.788. The van der Waals surface area contributed by atoms with Crippen molar-refractivity contribution in [3.8, 4) is 0 Å². The molecule has 0 N–H and O–H groups in total. The van der Waals surface area contributed by atoms with Gasteiger partial charge in [-0.3, -0.25) is 14.7 Å².